The molecule has 0 bridgehead atoms. The second-order valence-electron chi connectivity index (χ2n) is 5.09. The minimum absolute atomic E-state index is 0.290. The van der Waals surface area contributed by atoms with E-state index in [1.807, 2.05) is 11.7 Å². The monoisotopic (exact) mass is 257 g/mol. The summed E-state index contributed by atoms with van der Waals surface area (Å²) in [6.07, 6.45) is 0.873. The lowest BCUT2D eigenvalue weighted by molar-refractivity contribution is -0.0992. The number of ether oxygens (including phenoxy) is 1. The molecule has 0 saturated carbocycles. The summed E-state index contributed by atoms with van der Waals surface area (Å²) in [6, 6.07) is 0. The van der Waals surface area contributed by atoms with Crippen LogP contribution in [0.3, 0.4) is 0 Å². The van der Waals surface area contributed by atoms with Crippen molar-refractivity contribution in [2.75, 3.05) is 19.8 Å². The molecule has 0 atom stereocenters. The first-order valence-electron chi connectivity index (χ1n) is 6.04. The van der Waals surface area contributed by atoms with Crippen molar-refractivity contribution in [3.63, 3.8) is 0 Å². The average molecular weight is 258 g/mol. The Morgan fingerprint density at radius 3 is 2.71 bits per heavy atom. The third kappa shape index (κ3) is 2.64. The van der Waals surface area contributed by atoms with Crippen LogP contribution in [0.1, 0.15) is 25.2 Å². The van der Waals surface area contributed by atoms with Crippen molar-refractivity contribution in [3.8, 4) is 0 Å². The second-order valence-corrected chi connectivity index (χ2v) is 5.47. The van der Waals surface area contributed by atoms with E-state index < -0.39 is 0 Å². The maximum absolute atomic E-state index is 6.28. The highest BCUT2D eigenvalue weighted by molar-refractivity contribution is 6.31. The lowest BCUT2D eigenvalue weighted by atomic mass is 9.89. The highest BCUT2D eigenvalue weighted by atomic mass is 35.5. The van der Waals surface area contributed by atoms with E-state index in [4.69, 9.17) is 16.3 Å². The molecule has 4 nitrogen and oxygen atoms in total. The molecular formula is C12H20ClN3O. The fourth-order valence-corrected chi connectivity index (χ4v) is 2.41. The van der Waals surface area contributed by atoms with E-state index in [1.54, 1.807) is 0 Å². The van der Waals surface area contributed by atoms with Crippen molar-refractivity contribution in [3.05, 3.63) is 16.4 Å². The molecular weight excluding hydrogens is 238 g/mol. The normalized spacial score (nSPS) is 18.1. The number of nitrogens with one attached hydrogen (secondary N) is 1. The van der Waals surface area contributed by atoms with Gasteiger partial charge in [-0.25, -0.2) is 0 Å². The van der Waals surface area contributed by atoms with Gasteiger partial charge >= 0.3 is 0 Å². The highest BCUT2D eigenvalue weighted by Gasteiger charge is 2.32. The smallest absolute Gasteiger partial charge is 0.0863 e. The lowest BCUT2D eigenvalue weighted by Gasteiger charge is -2.38. The van der Waals surface area contributed by atoms with Gasteiger partial charge in [-0.1, -0.05) is 25.4 Å². The summed E-state index contributed by atoms with van der Waals surface area (Å²) in [4.78, 5) is 0. The van der Waals surface area contributed by atoms with Crippen molar-refractivity contribution in [1.82, 2.24) is 15.1 Å². The quantitative estimate of drug-likeness (QED) is 0.874. The van der Waals surface area contributed by atoms with Gasteiger partial charge in [-0.2, -0.15) is 5.10 Å². The molecule has 0 amide bonds. The van der Waals surface area contributed by atoms with Gasteiger partial charge in [0, 0.05) is 25.6 Å². The minimum Gasteiger partial charge on any atom is -0.380 e. The summed E-state index contributed by atoms with van der Waals surface area (Å²) in [6.45, 7) is 7.70. The highest BCUT2D eigenvalue weighted by Crippen LogP contribution is 2.26. The summed E-state index contributed by atoms with van der Waals surface area (Å²) in [7, 11) is 1.94. The summed E-state index contributed by atoms with van der Waals surface area (Å²) >= 11 is 6.28. The van der Waals surface area contributed by atoms with E-state index in [9.17, 15) is 0 Å². The van der Waals surface area contributed by atoms with Gasteiger partial charge in [0.2, 0.25) is 0 Å². The predicted molar refractivity (Wildman–Crippen MR) is 68.2 cm³/mol. The van der Waals surface area contributed by atoms with Crippen LogP contribution in [-0.4, -0.2) is 29.5 Å². The lowest BCUT2D eigenvalue weighted by Crippen LogP contribution is -2.47. The standard InChI is InChI=1S/C12H20ClN3O/c1-4-9-11(13)10(16(3)15-9)5-14-6-12(2)7-17-8-12/h14H,4-8H2,1-3H3. The van der Waals surface area contributed by atoms with Crippen LogP contribution in [0, 0.1) is 5.41 Å². The maximum Gasteiger partial charge on any atom is 0.0863 e. The zero-order valence-electron chi connectivity index (χ0n) is 10.7. The van der Waals surface area contributed by atoms with Crippen LogP contribution >= 0.6 is 11.6 Å². The van der Waals surface area contributed by atoms with E-state index in [2.05, 4.69) is 24.3 Å². The molecule has 0 aliphatic carbocycles. The van der Waals surface area contributed by atoms with E-state index >= 15 is 0 Å². The SMILES string of the molecule is CCc1nn(C)c(CNCC2(C)COC2)c1Cl. The molecule has 0 spiro atoms. The average Bonchev–Trinajstić information content (AvgIpc) is 2.53. The molecule has 1 aliphatic rings. The Labute approximate surface area is 107 Å². The molecule has 0 unspecified atom stereocenters. The Morgan fingerprint density at radius 2 is 2.24 bits per heavy atom. The summed E-state index contributed by atoms with van der Waals surface area (Å²) < 4.78 is 7.09. The third-order valence-electron chi connectivity index (χ3n) is 3.25. The third-order valence-corrected chi connectivity index (χ3v) is 3.68. The Bertz CT molecular complexity index is 399. The molecule has 1 saturated heterocycles. The van der Waals surface area contributed by atoms with Gasteiger partial charge in [-0.15, -0.1) is 0 Å². The van der Waals surface area contributed by atoms with Gasteiger partial charge in [0.05, 0.1) is 29.6 Å². The predicted octanol–water partition coefficient (Wildman–Crippen LogP) is 1.76. The first-order valence-corrected chi connectivity index (χ1v) is 6.42. The van der Waals surface area contributed by atoms with E-state index in [-0.39, 0.29) is 0 Å². The number of halogens is 1. The van der Waals surface area contributed by atoms with Gasteiger partial charge in [-0.05, 0) is 6.42 Å². The molecule has 1 N–H and O–H groups in total. The van der Waals surface area contributed by atoms with Gasteiger partial charge in [0.1, 0.15) is 0 Å². The molecule has 2 rings (SSSR count). The number of rotatable bonds is 5. The van der Waals surface area contributed by atoms with Crippen LogP contribution < -0.4 is 5.32 Å². The van der Waals surface area contributed by atoms with Crippen LogP contribution in [0.4, 0.5) is 0 Å². The van der Waals surface area contributed by atoms with Crippen LogP contribution in [0.5, 0.6) is 0 Å². The molecule has 1 fully saturated rings. The number of hydrogen-bond acceptors (Lipinski definition) is 3. The molecule has 17 heavy (non-hydrogen) atoms. The molecule has 2 heterocycles. The summed E-state index contributed by atoms with van der Waals surface area (Å²) in [5.74, 6) is 0. The fourth-order valence-electron chi connectivity index (χ4n) is 2.05. The minimum atomic E-state index is 0.290. The molecule has 1 aliphatic heterocycles. The molecule has 1 aromatic heterocycles. The Kier molecular flexibility index (Phi) is 3.76. The van der Waals surface area contributed by atoms with E-state index in [1.165, 1.54) is 0 Å². The van der Waals surface area contributed by atoms with Crippen molar-refractivity contribution in [2.45, 2.75) is 26.8 Å². The Morgan fingerprint density at radius 1 is 1.53 bits per heavy atom. The van der Waals surface area contributed by atoms with Crippen molar-refractivity contribution >= 4 is 11.6 Å². The Balaban J connectivity index is 1.92. The molecule has 1 aromatic rings. The molecule has 96 valence electrons. The molecule has 0 aromatic carbocycles. The zero-order chi connectivity index (χ0) is 12.5. The number of hydrogen-bond donors (Lipinski definition) is 1. The first-order chi connectivity index (χ1) is 8.06. The number of aryl methyl sites for hydroxylation is 2. The second kappa shape index (κ2) is 4.96. The number of aromatic nitrogens is 2. The molecule has 5 heteroatoms. The van der Waals surface area contributed by atoms with Gasteiger partial charge < -0.3 is 10.1 Å². The molecule has 0 radical (unpaired) electrons. The zero-order valence-corrected chi connectivity index (χ0v) is 11.5. The van der Waals surface area contributed by atoms with Crippen LogP contribution in [-0.2, 0) is 24.8 Å². The summed E-state index contributed by atoms with van der Waals surface area (Å²) in [5.41, 5.74) is 2.33. The van der Waals surface area contributed by atoms with Crippen LogP contribution in [0.2, 0.25) is 5.02 Å². The van der Waals surface area contributed by atoms with Crippen LogP contribution in [0.25, 0.3) is 0 Å². The fraction of sp³-hybridized carbons (Fsp3) is 0.750. The number of nitrogens with zero attached hydrogens (tertiary/aromatic N) is 2. The maximum atomic E-state index is 6.28. The largest absolute Gasteiger partial charge is 0.380 e. The summed E-state index contributed by atoms with van der Waals surface area (Å²) in [5, 5.41) is 8.64. The van der Waals surface area contributed by atoms with E-state index in [0.29, 0.717) is 5.41 Å². The Hall–Kier alpha value is -0.580. The van der Waals surface area contributed by atoms with Crippen molar-refractivity contribution in [1.29, 1.82) is 0 Å². The first kappa shape index (κ1) is 12.9. The van der Waals surface area contributed by atoms with Crippen LogP contribution in [0.15, 0.2) is 0 Å². The van der Waals surface area contributed by atoms with Gasteiger partial charge in [0.15, 0.2) is 0 Å². The van der Waals surface area contributed by atoms with Crippen molar-refractivity contribution < 1.29 is 4.74 Å². The topological polar surface area (TPSA) is 39.1 Å². The van der Waals surface area contributed by atoms with Gasteiger partial charge in [-0.3, -0.25) is 4.68 Å². The van der Waals surface area contributed by atoms with Gasteiger partial charge in [0.25, 0.3) is 0 Å². The van der Waals surface area contributed by atoms with Crippen molar-refractivity contribution in [2.24, 2.45) is 12.5 Å². The van der Waals surface area contributed by atoms with E-state index in [0.717, 1.165) is 49.1 Å².